The molecule has 0 atom stereocenters. The lowest BCUT2D eigenvalue weighted by atomic mass is 9.88. The second kappa shape index (κ2) is 5.45. The lowest BCUT2D eigenvalue weighted by Crippen LogP contribution is -2.32. The third kappa shape index (κ3) is 2.57. The molecule has 0 spiro atoms. The fourth-order valence-electron chi connectivity index (χ4n) is 2.96. The molecule has 2 aromatic carbocycles. The zero-order chi connectivity index (χ0) is 13.9. The van der Waals surface area contributed by atoms with E-state index in [-0.39, 0.29) is 11.5 Å². The highest BCUT2D eigenvalue weighted by Crippen LogP contribution is 2.36. The number of hydrogen-bond acceptors (Lipinski definition) is 3. The highest BCUT2D eigenvalue weighted by molar-refractivity contribution is 5.47. The number of anilines is 1. The van der Waals surface area contributed by atoms with Gasteiger partial charge in [0.2, 0.25) is 0 Å². The summed E-state index contributed by atoms with van der Waals surface area (Å²) in [7, 11) is 0. The van der Waals surface area contributed by atoms with E-state index in [0.29, 0.717) is 5.92 Å². The Hall–Kier alpha value is -2.16. The van der Waals surface area contributed by atoms with Crippen LogP contribution >= 0.6 is 0 Å². The van der Waals surface area contributed by atoms with Gasteiger partial charge in [-0.05, 0) is 42.5 Å². The summed E-state index contributed by atoms with van der Waals surface area (Å²) in [6.45, 7) is 1.99. The molecule has 0 radical (unpaired) electrons. The molecule has 3 nitrogen and oxygen atoms in total. The Balaban J connectivity index is 1.69. The van der Waals surface area contributed by atoms with E-state index >= 15 is 0 Å². The minimum atomic E-state index is 0.118. The van der Waals surface area contributed by atoms with Crippen LogP contribution in [0.3, 0.4) is 0 Å². The molecule has 0 bridgehead atoms. The Labute approximate surface area is 119 Å². The minimum absolute atomic E-state index is 0.118. The highest BCUT2D eigenvalue weighted by Gasteiger charge is 2.22. The monoisotopic (exact) mass is 269 g/mol. The molecule has 0 aliphatic carbocycles. The van der Waals surface area contributed by atoms with E-state index in [1.54, 1.807) is 6.07 Å². The molecule has 1 aliphatic heterocycles. The number of phenolic OH excluding ortho intramolecular Hbond substituents is 2. The predicted molar refractivity (Wildman–Crippen MR) is 80.4 cm³/mol. The topological polar surface area (TPSA) is 43.7 Å². The third-order valence-corrected chi connectivity index (χ3v) is 4.07. The van der Waals surface area contributed by atoms with Gasteiger partial charge in [-0.25, -0.2) is 0 Å². The largest absolute Gasteiger partial charge is 0.508 e. The molecular formula is C17H19NO2. The lowest BCUT2D eigenvalue weighted by Gasteiger charge is -2.34. The van der Waals surface area contributed by atoms with Gasteiger partial charge >= 0.3 is 0 Å². The molecule has 0 aromatic heterocycles. The van der Waals surface area contributed by atoms with Gasteiger partial charge in [0.05, 0.1) is 0 Å². The number of hydrogen-bond donors (Lipinski definition) is 2. The van der Waals surface area contributed by atoms with Crippen molar-refractivity contribution in [3.8, 4) is 11.5 Å². The molecule has 0 unspecified atom stereocenters. The molecule has 2 aromatic rings. The first-order valence-corrected chi connectivity index (χ1v) is 7.06. The molecule has 0 saturated carbocycles. The predicted octanol–water partition coefficient (Wildman–Crippen LogP) is 3.48. The van der Waals surface area contributed by atoms with Crippen molar-refractivity contribution in [1.82, 2.24) is 0 Å². The van der Waals surface area contributed by atoms with Gasteiger partial charge in [-0.15, -0.1) is 0 Å². The van der Waals surface area contributed by atoms with Gasteiger partial charge in [0.15, 0.2) is 0 Å². The summed E-state index contributed by atoms with van der Waals surface area (Å²) in [4.78, 5) is 2.38. The number of nitrogens with zero attached hydrogens (tertiary/aromatic N) is 1. The van der Waals surface area contributed by atoms with Crippen LogP contribution in [0.15, 0.2) is 48.5 Å². The zero-order valence-corrected chi connectivity index (χ0v) is 11.4. The Kier molecular flexibility index (Phi) is 3.50. The smallest absolute Gasteiger partial charge is 0.122 e. The van der Waals surface area contributed by atoms with Crippen LogP contribution in [0.4, 0.5) is 5.69 Å². The van der Waals surface area contributed by atoms with Gasteiger partial charge in [-0.2, -0.15) is 0 Å². The Bertz CT molecular complexity index is 575. The maximum Gasteiger partial charge on any atom is 0.122 e. The maximum absolute atomic E-state index is 9.95. The van der Waals surface area contributed by atoms with Gasteiger partial charge in [0.1, 0.15) is 11.5 Å². The average Bonchev–Trinajstić information content (AvgIpc) is 2.48. The van der Waals surface area contributed by atoms with Crippen molar-refractivity contribution in [1.29, 1.82) is 0 Å². The Morgan fingerprint density at radius 2 is 1.60 bits per heavy atom. The van der Waals surface area contributed by atoms with Gasteiger partial charge in [0, 0.05) is 24.8 Å². The van der Waals surface area contributed by atoms with Crippen molar-refractivity contribution in [2.24, 2.45) is 0 Å². The van der Waals surface area contributed by atoms with Crippen LogP contribution in [0, 0.1) is 0 Å². The fraction of sp³-hybridized carbons (Fsp3) is 0.294. The SMILES string of the molecule is Oc1ccc(C2CCN(c3ccccc3)CC2)c(O)c1. The van der Waals surface area contributed by atoms with Crippen LogP contribution in [0.5, 0.6) is 11.5 Å². The van der Waals surface area contributed by atoms with Crippen LogP contribution < -0.4 is 4.90 Å². The molecule has 1 saturated heterocycles. The van der Waals surface area contributed by atoms with Crippen LogP contribution in [-0.2, 0) is 0 Å². The Morgan fingerprint density at radius 1 is 0.900 bits per heavy atom. The first-order chi connectivity index (χ1) is 9.74. The van der Waals surface area contributed by atoms with E-state index in [1.165, 1.54) is 11.8 Å². The Morgan fingerprint density at radius 3 is 2.25 bits per heavy atom. The van der Waals surface area contributed by atoms with Crippen molar-refractivity contribution in [2.45, 2.75) is 18.8 Å². The van der Waals surface area contributed by atoms with Gasteiger partial charge in [-0.1, -0.05) is 24.3 Å². The minimum Gasteiger partial charge on any atom is -0.508 e. The van der Waals surface area contributed by atoms with Gasteiger partial charge < -0.3 is 15.1 Å². The maximum atomic E-state index is 9.95. The van der Waals surface area contributed by atoms with Crippen LogP contribution in [0.25, 0.3) is 0 Å². The molecule has 1 heterocycles. The normalized spacial score (nSPS) is 16.3. The molecule has 3 heteroatoms. The van der Waals surface area contributed by atoms with Crippen molar-refractivity contribution < 1.29 is 10.2 Å². The average molecular weight is 269 g/mol. The van der Waals surface area contributed by atoms with Crippen LogP contribution in [0.2, 0.25) is 0 Å². The zero-order valence-electron chi connectivity index (χ0n) is 11.4. The summed E-state index contributed by atoms with van der Waals surface area (Å²) < 4.78 is 0. The van der Waals surface area contributed by atoms with Crippen molar-refractivity contribution in [2.75, 3.05) is 18.0 Å². The van der Waals surface area contributed by atoms with Crippen LogP contribution in [0.1, 0.15) is 24.3 Å². The molecule has 1 aliphatic rings. The summed E-state index contributed by atoms with van der Waals surface area (Å²) in [5.74, 6) is 0.701. The quantitative estimate of drug-likeness (QED) is 0.877. The summed E-state index contributed by atoms with van der Waals surface area (Å²) in [6, 6.07) is 15.4. The summed E-state index contributed by atoms with van der Waals surface area (Å²) in [6.07, 6.45) is 2.04. The fourth-order valence-corrected chi connectivity index (χ4v) is 2.96. The first kappa shape index (κ1) is 12.9. The molecule has 2 N–H and O–H groups in total. The highest BCUT2D eigenvalue weighted by atomic mass is 16.3. The van der Waals surface area contributed by atoms with Crippen molar-refractivity contribution >= 4 is 5.69 Å². The van der Waals surface area contributed by atoms with E-state index in [0.717, 1.165) is 31.5 Å². The standard InChI is InChI=1S/C17H19NO2/c19-15-6-7-16(17(20)12-15)13-8-10-18(11-9-13)14-4-2-1-3-5-14/h1-7,12-13,19-20H,8-11H2. The number of phenols is 2. The molecule has 20 heavy (non-hydrogen) atoms. The molecule has 1 fully saturated rings. The van der Waals surface area contributed by atoms with Crippen LogP contribution in [-0.4, -0.2) is 23.3 Å². The van der Waals surface area contributed by atoms with Crippen molar-refractivity contribution in [3.05, 3.63) is 54.1 Å². The first-order valence-electron chi connectivity index (χ1n) is 7.06. The third-order valence-electron chi connectivity index (χ3n) is 4.07. The summed E-state index contributed by atoms with van der Waals surface area (Å²) in [5, 5.41) is 19.3. The molecule has 0 amide bonds. The molecule has 104 valence electrons. The van der Waals surface area contributed by atoms with E-state index < -0.39 is 0 Å². The molecule has 3 rings (SSSR count). The van der Waals surface area contributed by atoms with Gasteiger partial charge in [0.25, 0.3) is 0 Å². The number of piperidine rings is 1. The van der Waals surface area contributed by atoms with E-state index in [2.05, 4.69) is 29.2 Å². The number of aromatic hydroxyl groups is 2. The second-order valence-corrected chi connectivity index (χ2v) is 5.34. The van der Waals surface area contributed by atoms with E-state index in [4.69, 9.17) is 0 Å². The van der Waals surface area contributed by atoms with E-state index in [1.807, 2.05) is 12.1 Å². The summed E-state index contributed by atoms with van der Waals surface area (Å²) >= 11 is 0. The van der Waals surface area contributed by atoms with E-state index in [9.17, 15) is 10.2 Å². The summed E-state index contributed by atoms with van der Waals surface area (Å²) in [5.41, 5.74) is 2.22. The number of benzene rings is 2. The lowest BCUT2D eigenvalue weighted by molar-refractivity contribution is 0.428. The van der Waals surface area contributed by atoms with Crippen molar-refractivity contribution in [3.63, 3.8) is 0 Å². The number of para-hydroxylation sites is 1. The second-order valence-electron chi connectivity index (χ2n) is 5.34. The number of rotatable bonds is 2. The molecular weight excluding hydrogens is 250 g/mol. The van der Waals surface area contributed by atoms with Gasteiger partial charge in [-0.3, -0.25) is 0 Å².